The number of benzene rings is 1. The van der Waals surface area contributed by atoms with E-state index in [4.69, 9.17) is 16.7 Å². The van der Waals surface area contributed by atoms with Gasteiger partial charge in [-0.15, -0.1) is 0 Å². The molecule has 14 heavy (non-hydrogen) atoms. The topological polar surface area (TPSA) is 37.3 Å². The van der Waals surface area contributed by atoms with Gasteiger partial charge in [-0.1, -0.05) is 37.6 Å². The Bertz CT molecular complexity index is 280. The Morgan fingerprint density at radius 3 is 2.07 bits per heavy atom. The van der Waals surface area contributed by atoms with Crippen LogP contribution in [0.25, 0.3) is 0 Å². The minimum absolute atomic E-state index is 0.470. The molecule has 0 radical (unpaired) electrons. The highest BCUT2D eigenvalue weighted by atomic mass is 35.5. The molecule has 3 heteroatoms. The summed E-state index contributed by atoms with van der Waals surface area (Å²) in [7, 11) is 0. The molecule has 0 amide bonds. The summed E-state index contributed by atoms with van der Waals surface area (Å²) in [6.45, 7) is 5.64. The van der Waals surface area contributed by atoms with Crippen LogP contribution in [-0.2, 0) is 4.79 Å². The standard InChI is InChI=1S/C9H9ClO2.C2H6/c1-6(9(11)12)7-2-4-8(10)5-3-7;1-2/h2-6H,1H3,(H,11,12);1-2H3. The molecule has 0 aromatic heterocycles. The molecule has 1 aromatic carbocycles. The molecular weight excluding hydrogens is 200 g/mol. The van der Waals surface area contributed by atoms with E-state index in [1.807, 2.05) is 13.8 Å². The van der Waals surface area contributed by atoms with Crippen LogP contribution in [0.4, 0.5) is 0 Å². The highest BCUT2D eigenvalue weighted by Crippen LogP contribution is 2.17. The molecule has 0 spiro atoms. The van der Waals surface area contributed by atoms with Crippen molar-refractivity contribution in [3.63, 3.8) is 0 Å². The quantitative estimate of drug-likeness (QED) is 0.818. The number of carbonyl (C=O) groups is 1. The fourth-order valence-electron chi connectivity index (χ4n) is 0.894. The normalized spacial score (nSPS) is 11.1. The van der Waals surface area contributed by atoms with E-state index in [9.17, 15) is 4.79 Å². The summed E-state index contributed by atoms with van der Waals surface area (Å²) < 4.78 is 0. The zero-order chi connectivity index (χ0) is 11.1. The van der Waals surface area contributed by atoms with Crippen LogP contribution in [0.2, 0.25) is 5.02 Å². The Hall–Kier alpha value is -1.02. The summed E-state index contributed by atoms with van der Waals surface area (Å²) in [5.41, 5.74) is 0.770. The zero-order valence-electron chi connectivity index (χ0n) is 8.62. The maximum absolute atomic E-state index is 10.6. The van der Waals surface area contributed by atoms with Crippen molar-refractivity contribution in [3.8, 4) is 0 Å². The van der Waals surface area contributed by atoms with Gasteiger partial charge in [-0.2, -0.15) is 0 Å². The van der Waals surface area contributed by atoms with Crippen molar-refractivity contribution >= 4 is 17.6 Å². The molecule has 78 valence electrons. The maximum atomic E-state index is 10.6. The first-order valence-electron chi connectivity index (χ1n) is 4.59. The van der Waals surface area contributed by atoms with Crippen LogP contribution in [0.3, 0.4) is 0 Å². The van der Waals surface area contributed by atoms with Crippen molar-refractivity contribution in [1.82, 2.24) is 0 Å². The van der Waals surface area contributed by atoms with Gasteiger partial charge in [0, 0.05) is 5.02 Å². The molecule has 1 rings (SSSR count). The van der Waals surface area contributed by atoms with Gasteiger partial charge in [0.05, 0.1) is 5.92 Å². The van der Waals surface area contributed by atoms with Crippen molar-refractivity contribution in [2.24, 2.45) is 0 Å². The summed E-state index contributed by atoms with van der Waals surface area (Å²) in [5, 5.41) is 9.29. The SMILES string of the molecule is CC.CC(C(=O)O)c1ccc(Cl)cc1. The largest absolute Gasteiger partial charge is 0.481 e. The van der Waals surface area contributed by atoms with Crippen molar-refractivity contribution in [2.45, 2.75) is 26.7 Å². The molecule has 1 aromatic rings. The molecule has 0 fully saturated rings. The predicted molar refractivity (Wildman–Crippen MR) is 58.9 cm³/mol. The first-order chi connectivity index (χ1) is 6.61. The summed E-state index contributed by atoms with van der Waals surface area (Å²) in [5.74, 6) is -1.29. The Kier molecular flexibility index (Phi) is 5.97. The van der Waals surface area contributed by atoms with E-state index in [1.54, 1.807) is 31.2 Å². The second kappa shape index (κ2) is 6.44. The van der Waals surface area contributed by atoms with Crippen molar-refractivity contribution < 1.29 is 9.90 Å². The van der Waals surface area contributed by atoms with Crippen molar-refractivity contribution in [1.29, 1.82) is 0 Å². The lowest BCUT2D eigenvalue weighted by Crippen LogP contribution is -2.06. The van der Waals surface area contributed by atoms with Gasteiger partial charge in [0.25, 0.3) is 0 Å². The molecule has 1 atom stereocenters. The third kappa shape index (κ3) is 3.79. The first kappa shape index (κ1) is 13.0. The molecule has 0 saturated carbocycles. The van der Waals surface area contributed by atoms with Gasteiger partial charge in [-0.3, -0.25) is 4.79 Å². The first-order valence-corrected chi connectivity index (χ1v) is 4.97. The number of hydrogen-bond acceptors (Lipinski definition) is 1. The highest BCUT2D eigenvalue weighted by molar-refractivity contribution is 6.30. The van der Waals surface area contributed by atoms with Crippen LogP contribution in [0.1, 0.15) is 32.3 Å². The van der Waals surface area contributed by atoms with Crippen LogP contribution in [0, 0.1) is 0 Å². The lowest BCUT2D eigenvalue weighted by atomic mass is 10.0. The Morgan fingerprint density at radius 2 is 1.71 bits per heavy atom. The molecule has 0 aliphatic carbocycles. The second-order valence-electron chi connectivity index (χ2n) is 2.61. The third-order valence-electron chi connectivity index (χ3n) is 1.74. The van der Waals surface area contributed by atoms with E-state index < -0.39 is 11.9 Å². The average Bonchev–Trinajstić information content (AvgIpc) is 2.21. The van der Waals surface area contributed by atoms with Gasteiger partial charge in [0.15, 0.2) is 0 Å². The van der Waals surface area contributed by atoms with E-state index in [2.05, 4.69) is 0 Å². The van der Waals surface area contributed by atoms with Crippen molar-refractivity contribution in [2.75, 3.05) is 0 Å². The van der Waals surface area contributed by atoms with Crippen molar-refractivity contribution in [3.05, 3.63) is 34.9 Å². The van der Waals surface area contributed by atoms with E-state index in [0.29, 0.717) is 5.02 Å². The van der Waals surface area contributed by atoms with Gasteiger partial charge in [-0.05, 0) is 24.6 Å². The fraction of sp³-hybridized carbons (Fsp3) is 0.364. The summed E-state index contributed by atoms with van der Waals surface area (Å²) in [4.78, 5) is 10.6. The minimum Gasteiger partial charge on any atom is -0.481 e. The summed E-state index contributed by atoms with van der Waals surface area (Å²) in [6, 6.07) is 6.83. The zero-order valence-corrected chi connectivity index (χ0v) is 9.38. The smallest absolute Gasteiger partial charge is 0.310 e. The van der Waals surface area contributed by atoms with Gasteiger partial charge >= 0.3 is 5.97 Å². The minimum atomic E-state index is -0.822. The fourth-order valence-corrected chi connectivity index (χ4v) is 1.02. The lowest BCUT2D eigenvalue weighted by molar-refractivity contribution is -0.138. The van der Waals surface area contributed by atoms with Gasteiger partial charge in [-0.25, -0.2) is 0 Å². The van der Waals surface area contributed by atoms with E-state index >= 15 is 0 Å². The van der Waals surface area contributed by atoms with E-state index in [1.165, 1.54) is 0 Å². The molecular formula is C11H15ClO2. The van der Waals surface area contributed by atoms with Crippen LogP contribution < -0.4 is 0 Å². The van der Waals surface area contributed by atoms with Crippen LogP contribution in [-0.4, -0.2) is 11.1 Å². The van der Waals surface area contributed by atoms with E-state index in [0.717, 1.165) is 5.56 Å². The van der Waals surface area contributed by atoms with Gasteiger partial charge < -0.3 is 5.11 Å². The summed E-state index contributed by atoms with van der Waals surface area (Å²) >= 11 is 5.65. The Morgan fingerprint density at radius 1 is 1.29 bits per heavy atom. The number of aliphatic carboxylic acids is 1. The van der Waals surface area contributed by atoms with Crippen LogP contribution >= 0.6 is 11.6 Å². The van der Waals surface area contributed by atoms with Crippen LogP contribution in [0.5, 0.6) is 0 Å². The predicted octanol–water partition coefficient (Wildman–Crippen LogP) is 3.55. The lowest BCUT2D eigenvalue weighted by Gasteiger charge is -2.05. The number of halogens is 1. The molecule has 0 saturated heterocycles. The number of carboxylic acids is 1. The molecule has 0 bridgehead atoms. The van der Waals surface area contributed by atoms with Gasteiger partial charge in [0.1, 0.15) is 0 Å². The number of rotatable bonds is 2. The average molecular weight is 215 g/mol. The Balaban J connectivity index is 0.000000791. The molecule has 0 aliphatic heterocycles. The maximum Gasteiger partial charge on any atom is 0.310 e. The number of hydrogen-bond donors (Lipinski definition) is 1. The second-order valence-corrected chi connectivity index (χ2v) is 3.05. The highest BCUT2D eigenvalue weighted by Gasteiger charge is 2.12. The van der Waals surface area contributed by atoms with E-state index in [-0.39, 0.29) is 0 Å². The molecule has 0 aliphatic rings. The monoisotopic (exact) mass is 214 g/mol. The molecule has 2 nitrogen and oxygen atoms in total. The van der Waals surface area contributed by atoms with Gasteiger partial charge in [0.2, 0.25) is 0 Å². The molecule has 1 N–H and O–H groups in total. The Labute approximate surface area is 89.5 Å². The molecule has 0 heterocycles. The summed E-state index contributed by atoms with van der Waals surface area (Å²) in [6.07, 6.45) is 0. The van der Waals surface area contributed by atoms with Crippen LogP contribution in [0.15, 0.2) is 24.3 Å². The number of carboxylic acid groups (broad SMARTS) is 1. The third-order valence-corrected chi connectivity index (χ3v) is 1.99. The molecule has 1 unspecified atom stereocenters.